The molecule has 1 N–H and O–H groups in total. The summed E-state index contributed by atoms with van der Waals surface area (Å²) >= 11 is 1.90. The molecular formula is C16H25NOS. The van der Waals surface area contributed by atoms with Crippen LogP contribution < -0.4 is 5.32 Å². The van der Waals surface area contributed by atoms with E-state index in [4.69, 9.17) is 4.74 Å². The fourth-order valence-corrected chi connectivity index (χ4v) is 3.01. The first-order chi connectivity index (χ1) is 9.03. The number of rotatable bonds is 5. The Morgan fingerprint density at radius 1 is 1.26 bits per heavy atom. The highest BCUT2D eigenvalue weighted by atomic mass is 32.2. The van der Waals surface area contributed by atoms with Crippen LogP contribution in [0.2, 0.25) is 0 Å². The minimum Gasteiger partial charge on any atom is -0.377 e. The van der Waals surface area contributed by atoms with Crippen LogP contribution in [0.1, 0.15) is 39.2 Å². The first-order valence-corrected chi connectivity index (χ1v) is 8.10. The molecule has 1 unspecified atom stereocenters. The van der Waals surface area contributed by atoms with E-state index < -0.39 is 0 Å². The molecule has 0 bridgehead atoms. The van der Waals surface area contributed by atoms with Gasteiger partial charge in [-0.25, -0.2) is 0 Å². The maximum atomic E-state index is 5.64. The van der Waals surface area contributed by atoms with Gasteiger partial charge in [0.15, 0.2) is 0 Å². The van der Waals surface area contributed by atoms with Crippen molar-refractivity contribution in [2.75, 3.05) is 12.4 Å². The minimum absolute atomic E-state index is 0.174. The largest absolute Gasteiger partial charge is 0.377 e. The van der Waals surface area contributed by atoms with E-state index in [-0.39, 0.29) is 5.54 Å². The molecule has 0 amide bonds. The molecular weight excluding hydrogens is 254 g/mol. The molecule has 1 heterocycles. The van der Waals surface area contributed by atoms with Crippen molar-refractivity contribution in [1.82, 2.24) is 5.32 Å². The molecule has 1 saturated heterocycles. The third-order valence-corrected chi connectivity index (χ3v) is 4.35. The van der Waals surface area contributed by atoms with Gasteiger partial charge in [0.25, 0.3) is 0 Å². The summed E-state index contributed by atoms with van der Waals surface area (Å²) < 4.78 is 5.64. The minimum atomic E-state index is 0.174. The van der Waals surface area contributed by atoms with Crippen LogP contribution in [0, 0.1) is 0 Å². The summed E-state index contributed by atoms with van der Waals surface area (Å²) in [5.41, 5.74) is 1.52. The van der Waals surface area contributed by atoms with Crippen molar-refractivity contribution in [2.24, 2.45) is 0 Å². The van der Waals surface area contributed by atoms with Gasteiger partial charge in [-0.05, 0) is 51.3 Å². The lowest BCUT2D eigenvalue weighted by molar-refractivity contribution is 0.129. The molecule has 1 aromatic carbocycles. The summed E-state index contributed by atoms with van der Waals surface area (Å²) in [6.07, 6.45) is 2.91. The fourth-order valence-electron chi connectivity index (χ4n) is 2.04. The van der Waals surface area contributed by atoms with Crippen molar-refractivity contribution >= 4 is 11.8 Å². The molecule has 1 fully saturated rings. The molecule has 1 atom stereocenters. The SMILES string of the molecule is CC(C)(C)NCc1ccc(SCC2CCCO2)cc1. The molecule has 0 aliphatic carbocycles. The molecule has 2 rings (SSSR count). The van der Waals surface area contributed by atoms with Crippen molar-refractivity contribution < 1.29 is 4.74 Å². The topological polar surface area (TPSA) is 21.3 Å². The van der Waals surface area contributed by atoms with Crippen molar-refractivity contribution in [3.63, 3.8) is 0 Å². The first kappa shape index (κ1) is 14.9. The molecule has 0 aromatic heterocycles. The molecule has 0 radical (unpaired) electrons. The molecule has 2 nitrogen and oxygen atoms in total. The maximum Gasteiger partial charge on any atom is 0.0669 e. The number of hydrogen-bond donors (Lipinski definition) is 1. The summed E-state index contributed by atoms with van der Waals surface area (Å²) in [5.74, 6) is 1.08. The summed E-state index contributed by atoms with van der Waals surface area (Å²) in [7, 11) is 0. The zero-order valence-electron chi connectivity index (χ0n) is 12.2. The molecule has 19 heavy (non-hydrogen) atoms. The van der Waals surface area contributed by atoms with Gasteiger partial charge >= 0.3 is 0 Å². The maximum absolute atomic E-state index is 5.64. The molecule has 3 heteroatoms. The Labute approximate surface area is 121 Å². The van der Waals surface area contributed by atoms with Gasteiger partial charge in [-0.3, -0.25) is 0 Å². The van der Waals surface area contributed by atoms with Crippen LogP contribution in [0.4, 0.5) is 0 Å². The Hall–Kier alpha value is -0.510. The number of benzene rings is 1. The van der Waals surface area contributed by atoms with E-state index in [1.165, 1.54) is 23.3 Å². The number of hydrogen-bond acceptors (Lipinski definition) is 3. The summed E-state index contributed by atoms with van der Waals surface area (Å²) in [4.78, 5) is 1.34. The monoisotopic (exact) mass is 279 g/mol. The van der Waals surface area contributed by atoms with Crippen LogP contribution in [0.5, 0.6) is 0 Å². The van der Waals surface area contributed by atoms with Crippen LogP contribution in [-0.4, -0.2) is 24.0 Å². The van der Waals surface area contributed by atoms with Crippen LogP contribution in [0.15, 0.2) is 29.2 Å². The smallest absolute Gasteiger partial charge is 0.0669 e. The van der Waals surface area contributed by atoms with Crippen molar-refractivity contribution in [3.8, 4) is 0 Å². The summed E-state index contributed by atoms with van der Waals surface area (Å²) in [5, 5.41) is 3.51. The highest BCUT2D eigenvalue weighted by Crippen LogP contribution is 2.24. The van der Waals surface area contributed by atoms with E-state index in [0.717, 1.165) is 18.9 Å². The Morgan fingerprint density at radius 2 is 2.00 bits per heavy atom. The predicted octanol–water partition coefficient (Wildman–Crippen LogP) is 3.85. The molecule has 106 valence electrons. The standard InChI is InChI=1S/C16H25NOS/c1-16(2,3)17-11-13-6-8-15(9-7-13)19-12-14-5-4-10-18-14/h6-9,14,17H,4-5,10-12H2,1-3H3. The quantitative estimate of drug-likeness (QED) is 0.827. The van der Waals surface area contributed by atoms with Gasteiger partial charge in [-0.2, -0.15) is 0 Å². The average Bonchev–Trinajstić information content (AvgIpc) is 2.87. The van der Waals surface area contributed by atoms with Gasteiger partial charge in [-0.15, -0.1) is 11.8 Å². The Balaban J connectivity index is 1.77. The Morgan fingerprint density at radius 3 is 2.58 bits per heavy atom. The van der Waals surface area contributed by atoms with Crippen LogP contribution >= 0.6 is 11.8 Å². The lowest BCUT2D eigenvalue weighted by Gasteiger charge is -2.20. The molecule has 1 aliphatic heterocycles. The van der Waals surface area contributed by atoms with Crippen molar-refractivity contribution in [3.05, 3.63) is 29.8 Å². The van der Waals surface area contributed by atoms with Gasteiger partial charge in [-0.1, -0.05) is 12.1 Å². The second-order valence-electron chi connectivity index (χ2n) is 6.19. The van der Waals surface area contributed by atoms with E-state index in [9.17, 15) is 0 Å². The second kappa shape index (κ2) is 6.78. The highest BCUT2D eigenvalue weighted by molar-refractivity contribution is 7.99. The normalized spacial score (nSPS) is 19.8. The molecule has 0 spiro atoms. The van der Waals surface area contributed by atoms with Gasteiger partial charge in [0, 0.05) is 29.3 Å². The first-order valence-electron chi connectivity index (χ1n) is 7.11. The molecule has 1 aromatic rings. The average molecular weight is 279 g/mol. The number of nitrogens with one attached hydrogen (secondary N) is 1. The van der Waals surface area contributed by atoms with E-state index in [2.05, 4.69) is 50.4 Å². The van der Waals surface area contributed by atoms with Crippen LogP contribution in [0.3, 0.4) is 0 Å². The van der Waals surface area contributed by atoms with Gasteiger partial charge in [0.1, 0.15) is 0 Å². The van der Waals surface area contributed by atoms with E-state index >= 15 is 0 Å². The Kier molecular flexibility index (Phi) is 5.31. The van der Waals surface area contributed by atoms with Crippen LogP contribution in [0.25, 0.3) is 0 Å². The van der Waals surface area contributed by atoms with E-state index in [1.807, 2.05) is 11.8 Å². The number of thioether (sulfide) groups is 1. The zero-order chi connectivity index (χ0) is 13.7. The van der Waals surface area contributed by atoms with E-state index in [0.29, 0.717) is 6.10 Å². The predicted molar refractivity (Wildman–Crippen MR) is 82.7 cm³/mol. The van der Waals surface area contributed by atoms with E-state index in [1.54, 1.807) is 0 Å². The van der Waals surface area contributed by atoms with Crippen LogP contribution in [-0.2, 0) is 11.3 Å². The van der Waals surface area contributed by atoms with Crippen molar-refractivity contribution in [1.29, 1.82) is 0 Å². The Bertz CT molecular complexity index is 377. The van der Waals surface area contributed by atoms with Gasteiger partial charge in [0.2, 0.25) is 0 Å². The summed E-state index contributed by atoms with van der Waals surface area (Å²) in [6, 6.07) is 8.88. The number of ether oxygens (including phenoxy) is 1. The third kappa shape index (κ3) is 5.55. The lowest BCUT2D eigenvalue weighted by atomic mass is 10.1. The lowest BCUT2D eigenvalue weighted by Crippen LogP contribution is -2.35. The highest BCUT2D eigenvalue weighted by Gasteiger charge is 2.15. The molecule has 1 aliphatic rings. The van der Waals surface area contributed by atoms with Crippen molar-refractivity contribution in [2.45, 2.75) is 56.7 Å². The fraction of sp³-hybridized carbons (Fsp3) is 0.625. The second-order valence-corrected chi connectivity index (χ2v) is 7.29. The summed E-state index contributed by atoms with van der Waals surface area (Å²) in [6.45, 7) is 8.46. The van der Waals surface area contributed by atoms with Gasteiger partial charge in [0.05, 0.1) is 6.10 Å². The molecule has 0 saturated carbocycles. The third-order valence-electron chi connectivity index (χ3n) is 3.21. The zero-order valence-corrected chi connectivity index (χ0v) is 13.1. The van der Waals surface area contributed by atoms with Gasteiger partial charge < -0.3 is 10.1 Å².